The maximum atomic E-state index is 11.8. The van der Waals surface area contributed by atoms with E-state index in [1.54, 1.807) is 12.1 Å². The molecule has 1 amide bonds. The van der Waals surface area contributed by atoms with E-state index in [2.05, 4.69) is 12.2 Å². The fourth-order valence-corrected chi connectivity index (χ4v) is 1.73. The Hall–Kier alpha value is -1.84. The molecule has 1 aromatic carbocycles. The summed E-state index contributed by atoms with van der Waals surface area (Å²) in [5.74, 6) is -0.653. The van der Waals surface area contributed by atoms with Crippen LogP contribution in [0.3, 0.4) is 0 Å². The third kappa shape index (κ3) is 5.87. The molecule has 1 rings (SSSR count). The van der Waals surface area contributed by atoms with Gasteiger partial charge in [0.2, 0.25) is 0 Å². The lowest BCUT2D eigenvalue weighted by Gasteiger charge is -2.06. The second-order valence-electron chi connectivity index (χ2n) is 4.70. The summed E-state index contributed by atoms with van der Waals surface area (Å²) < 4.78 is 4.89. The van der Waals surface area contributed by atoms with Gasteiger partial charge in [-0.25, -0.2) is 0 Å². The van der Waals surface area contributed by atoms with Crippen LogP contribution in [-0.4, -0.2) is 25.0 Å². The van der Waals surface area contributed by atoms with Gasteiger partial charge in [-0.3, -0.25) is 9.59 Å². The SMILES string of the molecule is CCCCc1ccc(C(=O)NCC(=O)OCCC)cc1. The van der Waals surface area contributed by atoms with Crippen molar-refractivity contribution < 1.29 is 14.3 Å². The van der Waals surface area contributed by atoms with E-state index < -0.39 is 5.97 Å². The highest BCUT2D eigenvalue weighted by Crippen LogP contribution is 2.07. The molecule has 0 fully saturated rings. The fraction of sp³-hybridized carbons (Fsp3) is 0.500. The highest BCUT2D eigenvalue weighted by atomic mass is 16.5. The number of carbonyl (C=O) groups excluding carboxylic acids is 2. The summed E-state index contributed by atoms with van der Waals surface area (Å²) in [6.45, 7) is 4.38. The number of nitrogens with one attached hydrogen (secondary N) is 1. The van der Waals surface area contributed by atoms with Gasteiger partial charge in [0.05, 0.1) is 6.61 Å². The molecule has 0 aromatic heterocycles. The predicted molar refractivity (Wildman–Crippen MR) is 78.6 cm³/mol. The summed E-state index contributed by atoms with van der Waals surface area (Å²) in [6.07, 6.45) is 4.11. The summed E-state index contributed by atoms with van der Waals surface area (Å²) in [7, 11) is 0. The number of aryl methyl sites for hydroxylation is 1. The van der Waals surface area contributed by atoms with Crippen molar-refractivity contribution in [1.82, 2.24) is 5.32 Å². The summed E-state index contributed by atoms with van der Waals surface area (Å²) in [6, 6.07) is 7.50. The molecule has 4 heteroatoms. The normalized spacial score (nSPS) is 10.1. The smallest absolute Gasteiger partial charge is 0.325 e. The molecule has 0 spiro atoms. The fourth-order valence-electron chi connectivity index (χ4n) is 1.73. The Morgan fingerprint density at radius 1 is 1.10 bits per heavy atom. The van der Waals surface area contributed by atoms with Crippen molar-refractivity contribution in [1.29, 1.82) is 0 Å². The van der Waals surface area contributed by atoms with E-state index in [1.807, 2.05) is 19.1 Å². The molecule has 0 saturated heterocycles. The molecule has 0 heterocycles. The Morgan fingerprint density at radius 2 is 1.80 bits per heavy atom. The number of ether oxygens (including phenoxy) is 1. The second-order valence-corrected chi connectivity index (χ2v) is 4.70. The minimum Gasteiger partial charge on any atom is -0.464 e. The molecule has 0 atom stereocenters. The average molecular weight is 277 g/mol. The van der Waals surface area contributed by atoms with Crippen LogP contribution in [0.1, 0.15) is 49.0 Å². The first-order chi connectivity index (χ1) is 9.67. The van der Waals surface area contributed by atoms with Crippen molar-refractivity contribution in [2.24, 2.45) is 0 Å². The average Bonchev–Trinajstić information content (AvgIpc) is 2.49. The van der Waals surface area contributed by atoms with Gasteiger partial charge in [-0.2, -0.15) is 0 Å². The molecular weight excluding hydrogens is 254 g/mol. The first kappa shape index (κ1) is 16.2. The van der Waals surface area contributed by atoms with Crippen LogP contribution >= 0.6 is 0 Å². The first-order valence-electron chi connectivity index (χ1n) is 7.20. The van der Waals surface area contributed by atoms with Crippen molar-refractivity contribution in [3.8, 4) is 0 Å². The molecule has 0 radical (unpaired) electrons. The number of rotatable bonds is 8. The number of unbranched alkanes of at least 4 members (excludes halogenated alkanes) is 1. The van der Waals surface area contributed by atoms with Crippen LogP contribution in [0.15, 0.2) is 24.3 Å². The van der Waals surface area contributed by atoms with Crippen molar-refractivity contribution in [3.63, 3.8) is 0 Å². The third-order valence-electron chi connectivity index (χ3n) is 2.90. The Balaban J connectivity index is 2.41. The Kier molecular flexibility index (Phi) is 7.40. The van der Waals surface area contributed by atoms with Gasteiger partial charge >= 0.3 is 5.97 Å². The van der Waals surface area contributed by atoms with Crippen molar-refractivity contribution in [3.05, 3.63) is 35.4 Å². The van der Waals surface area contributed by atoms with E-state index in [-0.39, 0.29) is 12.5 Å². The van der Waals surface area contributed by atoms with Gasteiger partial charge < -0.3 is 10.1 Å². The molecule has 110 valence electrons. The Morgan fingerprint density at radius 3 is 2.40 bits per heavy atom. The van der Waals surface area contributed by atoms with E-state index in [9.17, 15) is 9.59 Å². The number of benzene rings is 1. The maximum absolute atomic E-state index is 11.8. The number of amides is 1. The van der Waals surface area contributed by atoms with Crippen LogP contribution in [0, 0.1) is 0 Å². The third-order valence-corrected chi connectivity index (χ3v) is 2.90. The molecular formula is C16H23NO3. The monoisotopic (exact) mass is 277 g/mol. The van der Waals surface area contributed by atoms with Gasteiger partial charge in [0.25, 0.3) is 5.91 Å². The van der Waals surface area contributed by atoms with Gasteiger partial charge in [-0.15, -0.1) is 0 Å². The van der Waals surface area contributed by atoms with E-state index in [0.29, 0.717) is 12.2 Å². The predicted octanol–water partition coefficient (Wildman–Crippen LogP) is 2.71. The number of hydrogen-bond acceptors (Lipinski definition) is 3. The zero-order valence-electron chi connectivity index (χ0n) is 12.3. The molecule has 0 unspecified atom stereocenters. The van der Waals surface area contributed by atoms with Gasteiger partial charge in [0.15, 0.2) is 0 Å². The van der Waals surface area contributed by atoms with E-state index >= 15 is 0 Å². The Labute approximate surface area is 120 Å². The second kappa shape index (κ2) is 9.13. The van der Waals surface area contributed by atoms with Crippen LogP contribution in [0.4, 0.5) is 0 Å². The molecule has 0 saturated carbocycles. The number of carbonyl (C=O) groups is 2. The summed E-state index contributed by atoms with van der Waals surface area (Å²) >= 11 is 0. The number of esters is 1. The zero-order valence-corrected chi connectivity index (χ0v) is 12.3. The largest absolute Gasteiger partial charge is 0.464 e. The van der Waals surface area contributed by atoms with Gasteiger partial charge in [-0.05, 0) is 37.0 Å². The molecule has 0 aliphatic rings. The molecule has 20 heavy (non-hydrogen) atoms. The van der Waals surface area contributed by atoms with Crippen molar-refractivity contribution in [2.45, 2.75) is 39.5 Å². The van der Waals surface area contributed by atoms with Crippen LogP contribution < -0.4 is 5.32 Å². The highest BCUT2D eigenvalue weighted by molar-refractivity contribution is 5.95. The lowest BCUT2D eigenvalue weighted by atomic mass is 10.1. The van der Waals surface area contributed by atoms with Gasteiger partial charge in [-0.1, -0.05) is 32.4 Å². The van der Waals surface area contributed by atoms with E-state index in [4.69, 9.17) is 4.74 Å². The lowest BCUT2D eigenvalue weighted by Crippen LogP contribution is -2.30. The van der Waals surface area contributed by atoms with E-state index in [1.165, 1.54) is 5.56 Å². The zero-order chi connectivity index (χ0) is 14.8. The van der Waals surface area contributed by atoms with Crippen LogP contribution in [0.25, 0.3) is 0 Å². The highest BCUT2D eigenvalue weighted by Gasteiger charge is 2.08. The Bertz CT molecular complexity index is 426. The quantitative estimate of drug-likeness (QED) is 0.743. The molecule has 4 nitrogen and oxygen atoms in total. The van der Waals surface area contributed by atoms with Crippen LogP contribution in [0.5, 0.6) is 0 Å². The number of hydrogen-bond donors (Lipinski definition) is 1. The van der Waals surface area contributed by atoms with Crippen LogP contribution in [-0.2, 0) is 16.0 Å². The minimum atomic E-state index is -0.403. The maximum Gasteiger partial charge on any atom is 0.325 e. The standard InChI is InChI=1S/C16H23NO3/c1-3-5-6-13-7-9-14(10-8-13)16(19)17-12-15(18)20-11-4-2/h7-10H,3-6,11-12H2,1-2H3,(H,17,19). The van der Waals surface area contributed by atoms with Crippen molar-refractivity contribution in [2.75, 3.05) is 13.2 Å². The van der Waals surface area contributed by atoms with E-state index in [0.717, 1.165) is 25.7 Å². The molecule has 0 bridgehead atoms. The summed E-state index contributed by atoms with van der Waals surface area (Å²) in [5, 5.41) is 2.56. The first-order valence-corrected chi connectivity index (χ1v) is 7.20. The molecule has 1 aromatic rings. The molecule has 1 N–H and O–H groups in total. The van der Waals surface area contributed by atoms with Crippen LogP contribution in [0.2, 0.25) is 0 Å². The summed E-state index contributed by atoms with van der Waals surface area (Å²) in [5.41, 5.74) is 1.79. The minimum absolute atomic E-state index is 0.0869. The van der Waals surface area contributed by atoms with Gasteiger partial charge in [0, 0.05) is 5.56 Å². The van der Waals surface area contributed by atoms with Crippen molar-refractivity contribution >= 4 is 11.9 Å². The van der Waals surface area contributed by atoms with Gasteiger partial charge in [0.1, 0.15) is 6.54 Å². The molecule has 0 aliphatic heterocycles. The lowest BCUT2D eigenvalue weighted by molar-refractivity contribution is -0.142. The summed E-state index contributed by atoms with van der Waals surface area (Å²) in [4.78, 5) is 23.1. The topological polar surface area (TPSA) is 55.4 Å². The molecule has 0 aliphatic carbocycles.